The number of nitrogens with zero attached hydrogens (tertiary/aromatic N) is 1. The molecule has 6 heteroatoms. The fourth-order valence-electron chi connectivity index (χ4n) is 1.34. The van der Waals surface area contributed by atoms with E-state index in [1.807, 2.05) is 13.1 Å². The van der Waals surface area contributed by atoms with Gasteiger partial charge in [0.25, 0.3) is 0 Å². The molecule has 0 radical (unpaired) electrons. The molecular weight excluding hydrogens is 273 g/mol. The molecule has 0 spiro atoms. The van der Waals surface area contributed by atoms with Crippen molar-refractivity contribution in [1.82, 2.24) is 10.6 Å². The number of aliphatic imine (C=N–C) groups is 1. The highest BCUT2D eigenvalue weighted by Crippen LogP contribution is 2.21. The maximum atomic E-state index is 6.03. The van der Waals surface area contributed by atoms with Gasteiger partial charge in [-0.1, -0.05) is 29.3 Å². The Balaban J connectivity index is 2.26. The average Bonchev–Trinajstić information content (AvgIpc) is 2.36. The molecule has 0 aromatic heterocycles. The van der Waals surface area contributed by atoms with Crippen LogP contribution in [0, 0.1) is 0 Å². The lowest BCUT2D eigenvalue weighted by Crippen LogP contribution is -2.36. The summed E-state index contributed by atoms with van der Waals surface area (Å²) >= 11 is 11.8. The molecule has 0 saturated carbocycles. The Hall–Kier alpha value is -0.970. The van der Waals surface area contributed by atoms with Gasteiger partial charge in [0.2, 0.25) is 0 Å². The second kappa shape index (κ2) is 8.19. The van der Waals surface area contributed by atoms with Gasteiger partial charge in [0.15, 0.2) is 5.96 Å². The van der Waals surface area contributed by atoms with Crippen LogP contribution in [0.2, 0.25) is 10.0 Å². The van der Waals surface area contributed by atoms with E-state index in [4.69, 9.17) is 27.9 Å². The van der Waals surface area contributed by atoms with E-state index < -0.39 is 0 Å². The number of rotatable bonds is 5. The van der Waals surface area contributed by atoms with Gasteiger partial charge in [-0.05, 0) is 17.7 Å². The zero-order valence-corrected chi connectivity index (χ0v) is 12.0. The summed E-state index contributed by atoms with van der Waals surface area (Å²) in [7, 11) is 3.52. The summed E-state index contributed by atoms with van der Waals surface area (Å²) < 4.78 is 5.51. The van der Waals surface area contributed by atoms with Crippen LogP contribution in [0.1, 0.15) is 5.56 Å². The molecule has 1 rings (SSSR count). The maximum absolute atomic E-state index is 6.03. The second-order valence-corrected chi connectivity index (χ2v) is 4.38. The number of benzene rings is 1. The van der Waals surface area contributed by atoms with Gasteiger partial charge in [0, 0.05) is 30.7 Å². The van der Waals surface area contributed by atoms with Gasteiger partial charge in [-0.15, -0.1) is 0 Å². The number of halogens is 2. The van der Waals surface area contributed by atoms with Crippen molar-refractivity contribution in [3.63, 3.8) is 0 Å². The van der Waals surface area contributed by atoms with Crippen molar-refractivity contribution in [2.45, 2.75) is 6.61 Å². The highest BCUT2D eigenvalue weighted by atomic mass is 35.5. The first kappa shape index (κ1) is 15.1. The first-order chi connectivity index (χ1) is 8.67. The molecule has 0 bridgehead atoms. The summed E-state index contributed by atoms with van der Waals surface area (Å²) in [4.78, 5) is 3.99. The Labute approximate surface area is 117 Å². The first-order valence-corrected chi connectivity index (χ1v) is 6.33. The summed E-state index contributed by atoms with van der Waals surface area (Å²) in [5, 5.41) is 7.27. The van der Waals surface area contributed by atoms with E-state index in [1.54, 1.807) is 19.2 Å². The predicted molar refractivity (Wildman–Crippen MR) is 76.5 cm³/mol. The average molecular weight is 290 g/mol. The Morgan fingerprint density at radius 3 is 2.78 bits per heavy atom. The SMILES string of the molecule is CN=C(NC)NCCOCc1ccc(Cl)cc1Cl. The Morgan fingerprint density at radius 1 is 1.39 bits per heavy atom. The maximum Gasteiger partial charge on any atom is 0.190 e. The summed E-state index contributed by atoms with van der Waals surface area (Å²) in [6, 6.07) is 5.38. The van der Waals surface area contributed by atoms with Crippen LogP contribution < -0.4 is 10.6 Å². The summed E-state index contributed by atoms with van der Waals surface area (Å²) in [5.41, 5.74) is 0.930. The van der Waals surface area contributed by atoms with Crippen LogP contribution in [0.4, 0.5) is 0 Å². The van der Waals surface area contributed by atoms with Gasteiger partial charge < -0.3 is 15.4 Å². The molecule has 4 nitrogen and oxygen atoms in total. The third-order valence-electron chi connectivity index (χ3n) is 2.27. The largest absolute Gasteiger partial charge is 0.375 e. The van der Waals surface area contributed by atoms with Crippen LogP contribution in [0.15, 0.2) is 23.2 Å². The van der Waals surface area contributed by atoms with E-state index in [9.17, 15) is 0 Å². The van der Waals surface area contributed by atoms with E-state index >= 15 is 0 Å². The van der Waals surface area contributed by atoms with E-state index in [0.29, 0.717) is 29.8 Å². The molecule has 2 N–H and O–H groups in total. The van der Waals surface area contributed by atoms with E-state index in [2.05, 4.69) is 15.6 Å². The normalized spacial score (nSPS) is 11.4. The summed E-state index contributed by atoms with van der Waals surface area (Å²) in [5.74, 6) is 0.739. The zero-order valence-electron chi connectivity index (χ0n) is 10.5. The van der Waals surface area contributed by atoms with Gasteiger partial charge in [-0.25, -0.2) is 0 Å². The molecule has 1 aromatic carbocycles. The third kappa shape index (κ3) is 5.12. The lowest BCUT2D eigenvalue weighted by molar-refractivity contribution is 0.125. The summed E-state index contributed by atoms with van der Waals surface area (Å²) in [6.45, 7) is 1.72. The van der Waals surface area contributed by atoms with E-state index in [-0.39, 0.29) is 0 Å². The van der Waals surface area contributed by atoms with Crippen LogP contribution in [-0.4, -0.2) is 33.2 Å². The fourth-order valence-corrected chi connectivity index (χ4v) is 1.80. The molecule has 0 saturated heterocycles. The van der Waals surface area contributed by atoms with Crippen LogP contribution in [0.5, 0.6) is 0 Å². The highest BCUT2D eigenvalue weighted by Gasteiger charge is 2.01. The van der Waals surface area contributed by atoms with E-state index in [0.717, 1.165) is 11.5 Å². The fraction of sp³-hybridized carbons (Fsp3) is 0.417. The number of guanidine groups is 1. The molecule has 0 fully saturated rings. The number of hydrogen-bond acceptors (Lipinski definition) is 2. The molecule has 0 unspecified atom stereocenters. The molecule has 100 valence electrons. The van der Waals surface area contributed by atoms with Crippen LogP contribution in [0.25, 0.3) is 0 Å². The van der Waals surface area contributed by atoms with Gasteiger partial charge >= 0.3 is 0 Å². The molecule has 0 amide bonds. The second-order valence-electron chi connectivity index (χ2n) is 3.54. The van der Waals surface area contributed by atoms with Crippen LogP contribution in [-0.2, 0) is 11.3 Å². The Morgan fingerprint density at radius 2 is 2.17 bits per heavy atom. The summed E-state index contributed by atoms with van der Waals surface area (Å²) in [6.07, 6.45) is 0. The Kier molecular flexibility index (Phi) is 6.86. The third-order valence-corrected chi connectivity index (χ3v) is 2.86. The van der Waals surface area contributed by atoms with E-state index in [1.165, 1.54) is 0 Å². The van der Waals surface area contributed by atoms with Crippen molar-refractivity contribution in [3.8, 4) is 0 Å². The van der Waals surface area contributed by atoms with Crippen molar-refractivity contribution in [1.29, 1.82) is 0 Å². The van der Waals surface area contributed by atoms with Crippen LogP contribution in [0.3, 0.4) is 0 Å². The van der Waals surface area contributed by atoms with Gasteiger partial charge in [0.1, 0.15) is 0 Å². The lowest BCUT2D eigenvalue weighted by atomic mass is 10.2. The number of nitrogens with one attached hydrogen (secondary N) is 2. The molecule has 0 aliphatic rings. The highest BCUT2D eigenvalue weighted by molar-refractivity contribution is 6.35. The standard InChI is InChI=1S/C12H17Cl2N3O/c1-15-12(16-2)17-5-6-18-8-9-3-4-10(13)7-11(9)14/h3-4,7H,5-6,8H2,1-2H3,(H2,15,16,17). The predicted octanol–water partition coefficient (Wildman–Crippen LogP) is 2.30. The molecule has 1 aromatic rings. The zero-order chi connectivity index (χ0) is 13.4. The molecule has 18 heavy (non-hydrogen) atoms. The molecule has 0 aliphatic carbocycles. The minimum absolute atomic E-state index is 0.468. The lowest BCUT2D eigenvalue weighted by Gasteiger charge is -2.09. The molecular formula is C12H17Cl2N3O. The topological polar surface area (TPSA) is 45.7 Å². The van der Waals surface area contributed by atoms with Crippen molar-refractivity contribution >= 4 is 29.2 Å². The van der Waals surface area contributed by atoms with Crippen molar-refractivity contribution in [3.05, 3.63) is 33.8 Å². The first-order valence-electron chi connectivity index (χ1n) is 5.57. The molecule has 0 atom stereocenters. The molecule has 0 aliphatic heterocycles. The monoisotopic (exact) mass is 289 g/mol. The van der Waals surface area contributed by atoms with Gasteiger partial charge in [-0.3, -0.25) is 4.99 Å². The molecule has 0 heterocycles. The van der Waals surface area contributed by atoms with Gasteiger partial charge in [-0.2, -0.15) is 0 Å². The van der Waals surface area contributed by atoms with Gasteiger partial charge in [0.05, 0.1) is 13.2 Å². The number of hydrogen-bond donors (Lipinski definition) is 2. The quantitative estimate of drug-likeness (QED) is 0.497. The Bertz CT molecular complexity index is 410. The smallest absolute Gasteiger partial charge is 0.190 e. The van der Waals surface area contributed by atoms with Crippen molar-refractivity contribution in [2.75, 3.05) is 27.2 Å². The minimum Gasteiger partial charge on any atom is -0.375 e. The van der Waals surface area contributed by atoms with Crippen LogP contribution >= 0.6 is 23.2 Å². The van der Waals surface area contributed by atoms with Crippen molar-refractivity contribution in [2.24, 2.45) is 4.99 Å². The van der Waals surface area contributed by atoms with Crippen molar-refractivity contribution < 1.29 is 4.74 Å². The minimum atomic E-state index is 0.468. The number of ether oxygens (including phenoxy) is 1.